The molecule has 0 spiro atoms. The quantitative estimate of drug-likeness (QED) is 0.442. The summed E-state index contributed by atoms with van der Waals surface area (Å²) in [6.07, 6.45) is -0.104. The van der Waals surface area contributed by atoms with E-state index in [9.17, 15) is 22.8 Å². The molecule has 1 aliphatic rings. The molecule has 5 rings (SSSR count). The summed E-state index contributed by atoms with van der Waals surface area (Å²) < 4.78 is 40.4. The predicted octanol–water partition coefficient (Wildman–Crippen LogP) is 4.47. The Morgan fingerprint density at radius 2 is 1.81 bits per heavy atom. The fourth-order valence-corrected chi connectivity index (χ4v) is 4.70. The molecule has 1 fully saturated rings. The fraction of sp³-hybridized carbons (Fsp3) is 0.222. The summed E-state index contributed by atoms with van der Waals surface area (Å²) in [7, 11) is 0. The Kier molecular flexibility index (Phi) is 6.56. The van der Waals surface area contributed by atoms with E-state index < -0.39 is 29.4 Å². The second-order valence-corrected chi connectivity index (χ2v) is 8.83. The van der Waals surface area contributed by atoms with Gasteiger partial charge in [-0.2, -0.15) is 13.2 Å². The number of nitrogens with zero attached hydrogens (tertiary/aromatic N) is 4. The number of halogens is 3. The molecule has 0 unspecified atom stereocenters. The molecule has 2 atom stereocenters. The van der Waals surface area contributed by atoms with E-state index in [1.54, 1.807) is 29.3 Å². The number of carbonyl (C=O) groups is 2. The molecular formula is C27H22F3N5O2. The van der Waals surface area contributed by atoms with Crippen molar-refractivity contribution in [1.29, 1.82) is 0 Å². The molecule has 0 radical (unpaired) electrons. The Labute approximate surface area is 210 Å². The summed E-state index contributed by atoms with van der Waals surface area (Å²) in [6, 6.07) is 16.0. The standard InChI is InChI=1S/C27H22F3N5O2/c28-27(29,30)21-7-4-11-32-24(21)25(36)34-23-10-12-35(15-20(23)17-5-2-1-3-6-17)26(37)18-8-9-22-19(13-18)14-31-16-33-22/h1-9,11,13-14,16,20,23H,10,12,15H2,(H,34,36)/t20-,23-/m1/s1. The summed E-state index contributed by atoms with van der Waals surface area (Å²) in [4.78, 5) is 39.9. The number of amides is 2. The van der Waals surface area contributed by atoms with E-state index in [2.05, 4.69) is 20.3 Å². The first kappa shape index (κ1) is 24.4. The molecule has 1 N–H and O–H groups in total. The molecule has 2 amide bonds. The van der Waals surface area contributed by atoms with Gasteiger partial charge >= 0.3 is 6.18 Å². The number of hydrogen-bond acceptors (Lipinski definition) is 5. The molecule has 10 heteroatoms. The third kappa shape index (κ3) is 5.13. The number of piperidine rings is 1. The number of hydrogen-bond donors (Lipinski definition) is 1. The number of likely N-dealkylation sites (tertiary alicyclic amines) is 1. The van der Waals surface area contributed by atoms with Crippen LogP contribution >= 0.6 is 0 Å². The lowest BCUT2D eigenvalue weighted by molar-refractivity contribution is -0.138. The van der Waals surface area contributed by atoms with Crippen molar-refractivity contribution in [2.75, 3.05) is 13.1 Å². The van der Waals surface area contributed by atoms with Crippen LogP contribution in [-0.2, 0) is 6.18 Å². The van der Waals surface area contributed by atoms with Gasteiger partial charge in [-0.05, 0) is 42.3 Å². The van der Waals surface area contributed by atoms with Crippen molar-refractivity contribution in [3.8, 4) is 0 Å². The zero-order valence-electron chi connectivity index (χ0n) is 19.5. The molecule has 3 heterocycles. The van der Waals surface area contributed by atoms with Gasteiger partial charge in [0.2, 0.25) is 0 Å². The molecule has 0 aliphatic carbocycles. The van der Waals surface area contributed by atoms with Crippen LogP contribution in [0.4, 0.5) is 13.2 Å². The van der Waals surface area contributed by atoms with Crippen LogP contribution in [-0.4, -0.2) is 50.8 Å². The number of aromatic nitrogens is 3. The topological polar surface area (TPSA) is 88.1 Å². The van der Waals surface area contributed by atoms with Gasteiger partial charge in [0.1, 0.15) is 12.0 Å². The second-order valence-electron chi connectivity index (χ2n) is 8.83. The summed E-state index contributed by atoms with van der Waals surface area (Å²) in [5.74, 6) is -1.40. The minimum absolute atomic E-state index is 0.180. The number of fused-ring (bicyclic) bond motifs is 1. The Bertz CT molecular complexity index is 1440. The highest BCUT2D eigenvalue weighted by atomic mass is 19.4. The normalized spacial score (nSPS) is 18.0. The minimum Gasteiger partial charge on any atom is -0.347 e. The Morgan fingerprint density at radius 1 is 1.00 bits per heavy atom. The zero-order valence-corrected chi connectivity index (χ0v) is 19.5. The smallest absolute Gasteiger partial charge is 0.347 e. The summed E-state index contributed by atoms with van der Waals surface area (Å²) in [5.41, 5.74) is 0.326. The molecule has 1 aliphatic heterocycles. The highest BCUT2D eigenvalue weighted by molar-refractivity contribution is 5.98. The van der Waals surface area contributed by atoms with Gasteiger partial charge in [0.05, 0.1) is 11.1 Å². The van der Waals surface area contributed by atoms with E-state index in [-0.39, 0.29) is 18.4 Å². The van der Waals surface area contributed by atoms with E-state index in [1.807, 2.05) is 30.3 Å². The average Bonchev–Trinajstić information content (AvgIpc) is 2.92. The molecule has 0 bridgehead atoms. The number of alkyl halides is 3. The van der Waals surface area contributed by atoms with Crippen molar-refractivity contribution >= 4 is 22.7 Å². The van der Waals surface area contributed by atoms with Crippen LogP contribution in [0.2, 0.25) is 0 Å². The first-order chi connectivity index (χ1) is 17.8. The van der Waals surface area contributed by atoms with Crippen LogP contribution in [0.1, 0.15) is 44.3 Å². The van der Waals surface area contributed by atoms with E-state index in [4.69, 9.17) is 0 Å². The molecule has 188 valence electrons. The second kappa shape index (κ2) is 9.96. The lowest BCUT2D eigenvalue weighted by Crippen LogP contribution is -2.51. The van der Waals surface area contributed by atoms with Crippen LogP contribution in [0, 0.1) is 0 Å². The first-order valence-electron chi connectivity index (χ1n) is 11.7. The SMILES string of the molecule is O=C(N[C@@H]1CCN(C(=O)c2ccc3ncncc3c2)C[C@@H]1c1ccccc1)c1ncccc1C(F)(F)F. The predicted molar refractivity (Wildman–Crippen MR) is 130 cm³/mol. The number of rotatable bonds is 4. The van der Waals surface area contributed by atoms with E-state index in [1.165, 1.54) is 6.33 Å². The van der Waals surface area contributed by atoms with E-state index in [0.717, 1.165) is 34.8 Å². The van der Waals surface area contributed by atoms with Gasteiger partial charge in [0.25, 0.3) is 11.8 Å². The van der Waals surface area contributed by atoms with Crippen LogP contribution in [0.3, 0.4) is 0 Å². The third-order valence-electron chi connectivity index (χ3n) is 6.52. The van der Waals surface area contributed by atoms with Crippen molar-refractivity contribution in [2.45, 2.75) is 24.6 Å². The molecule has 1 saturated heterocycles. The van der Waals surface area contributed by atoms with Crippen molar-refractivity contribution in [1.82, 2.24) is 25.2 Å². The number of benzene rings is 2. The van der Waals surface area contributed by atoms with Crippen LogP contribution in [0.5, 0.6) is 0 Å². The average molecular weight is 506 g/mol. The molecule has 0 saturated carbocycles. The molecule has 4 aromatic rings. The largest absolute Gasteiger partial charge is 0.418 e. The van der Waals surface area contributed by atoms with Gasteiger partial charge < -0.3 is 10.2 Å². The maximum Gasteiger partial charge on any atom is 0.418 e. The highest BCUT2D eigenvalue weighted by Crippen LogP contribution is 2.32. The summed E-state index contributed by atoms with van der Waals surface area (Å²) in [5, 5.41) is 3.51. The van der Waals surface area contributed by atoms with Crippen LogP contribution < -0.4 is 5.32 Å². The molecule has 7 nitrogen and oxygen atoms in total. The Morgan fingerprint density at radius 3 is 2.59 bits per heavy atom. The van der Waals surface area contributed by atoms with Crippen LogP contribution in [0.25, 0.3) is 10.9 Å². The van der Waals surface area contributed by atoms with Gasteiger partial charge in [-0.25, -0.2) is 9.97 Å². The fourth-order valence-electron chi connectivity index (χ4n) is 4.70. The van der Waals surface area contributed by atoms with Crippen molar-refractivity contribution in [3.63, 3.8) is 0 Å². The number of pyridine rings is 1. The van der Waals surface area contributed by atoms with Gasteiger partial charge in [0, 0.05) is 48.4 Å². The maximum absolute atomic E-state index is 13.5. The molecule has 37 heavy (non-hydrogen) atoms. The van der Waals surface area contributed by atoms with Crippen molar-refractivity contribution in [2.24, 2.45) is 0 Å². The number of nitrogens with one attached hydrogen (secondary N) is 1. The van der Waals surface area contributed by atoms with Gasteiger partial charge in [-0.15, -0.1) is 0 Å². The zero-order chi connectivity index (χ0) is 26.0. The van der Waals surface area contributed by atoms with Gasteiger partial charge in [0.15, 0.2) is 0 Å². The lowest BCUT2D eigenvalue weighted by Gasteiger charge is -2.39. The van der Waals surface area contributed by atoms with Gasteiger partial charge in [-0.1, -0.05) is 30.3 Å². The molecule has 2 aromatic heterocycles. The minimum atomic E-state index is -4.71. The maximum atomic E-state index is 13.5. The summed E-state index contributed by atoms with van der Waals surface area (Å²) in [6.45, 7) is 0.607. The van der Waals surface area contributed by atoms with Crippen molar-refractivity contribution in [3.05, 3.63) is 102 Å². The number of carbonyl (C=O) groups excluding carboxylic acids is 2. The summed E-state index contributed by atoms with van der Waals surface area (Å²) >= 11 is 0. The van der Waals surface area contributed by atoms with Crippen LogP contribution in [0.15, 0.2) is 79.4 Å². The third-order valence-corrected chi connectivity index (χ3v) is 6.52. The Hall–Kier alpha value is -4.34. The van der Waals surface area contributed by atoms with Crippen molar-refractivity contribution < 1.29 is 22.8 Å². The van der Waals surface area contributed by atoms with Gasteiger partial charge in [-0.3, -0.25) is 14.6 Å². The van der Waals surface area contributed by atoms with E-state index in [0.29, 0.717) is 18.5 Å². The monoisotopic (exact) mass is 505 g/mol. The molecular weight excluding hydrogens is 483 g/mol. The van der Waals surface area contributed by atoms with E-state index >= 15 is 0 Å². The Balaban J connectivity index is 1.40. The molecule has 2 aromatic carbocycles. The lowest BCUT2D eigenvalue weighted by atomic mass is 9.85. The highest BCUT2D eigenvalue weighted by Gasteiger charge is 2.38. The first-order valence-corrected chi connectivity index (χ1v) is 11.7.